The van der Waals surface area contributed by atoms with E-state index in [1.54, 1.807) is 14.2 Å². The lowest BCUT2D eigenvalue weighted by atomic mass is 9.97. The molecule has 0 atom stereocenters. The van der Waals surface area contributed by atoms with Crippen LogP contribution in [0, 0.1) is 5.92 Å². The van der Waals surface area contributed by atoms with E-state index in [-0.39, 0.29) is 11.9 Å². The number of likely N-dealkylation sites (tertiary alicyclic amines) is 1. The zero-order chi connectivity index (χ0) is 19.8. The topological polar surface area (TPSA) is 72.4 Å². The Morgan fingerprint density at radius 3 is 2.41 bits per heavy atom. The number of aliphatic imine (C=N–C) groups is 1. The first-order valence-electron chi connectivity index (χ1n) is 9.05. The van der Waals surface area contributed by atoms with Gasteiger partial charge in [-0.1, -0.05) is 15.9 Å². The second-order valence-corrected chi connectivity index (χ2v) is 7.11. The molecule has 0 bridgehead atoms. The fourth-order valence-electron chi connectivity index (χ4n) is 3.10. The van der Waals surface area contributed by atoms with Crippen molar-refractivity contribution in [3.8, 4) is 11.5 Å². The van der Waals surface area contributed by atoms with Crippen LogP contribution in [0.15, 0.2) is 21.6 Å². The van der Waals surface area contributed by atoms with E-state index in [4.69, 9.17) is 19.2 Å². The maximum Gasteiger partial charge on any atom is 0.308 e. The Balaban J connectivity index is 2.11. The van der Waals surface area contributed by atoms with E-state index in [2.05, 4.69) is 26.1 Å². The summed E-state index contributed by atoms with van der Waals surface area (Å²) in [6.45, 7) is 4.88. The number of nitrogens with zero attached hydrogens (tertiary/aromatic N) is 2. The predicted octanol–water partition coefficient (Wildman–Crippen LogP) is 2.82. The lowest BCUT2D eigenvalue weighted by Crippen LogP contribution is -2.46. The number of methoxy groups -OCH3 is 3. The van der Waals surface area contributed by atoms with E-state index >= 15 is 0 Å². The Hall–Kier alpha value is -1.96. The number of carbonyl (C=O) groups is 1. The van der Waals surface area contributed by atoms with Crippen LogP contribution in [-0.2, 0) is 16.1 Å². The Kier molecular flexibility index (Phi) is 8.22. The van der Waals surface area contributed by atoms with Gasteiger partial charge in [0.15, 0.2) is 17.5 Å². The summed E-state index contributed by atoms with van der Waals surface area (Å²) < 4.78 is 16.5. The Morgan fingerprint density at radius 2 is 1.85 bits per heavy atom. The van der Waals surface area contributed by atoms with Crippen LogP contribution in [0.5, 0.6) is 11.5 Å². The predicted molar refractivity (Wildman–Crippen MR) is 108 cm³/mol. The van der Waals surface area contributed by atoms with E-state index in [1.807, 2.05) is 19.1 Å². The molecule has 0 aliphatic carbocycles. The molecule has 7 nitrogen and oxygen atoms in total. The third-order valence-electron chi connectivity index (χ3n) is 4.62. The number of nitrogens with one attached hydrogen (secondary N) is 1. The van der Waals surface area contributed by atoms with Crippen LogP contribution in [0.2, 0.25) is 0 Å². The molecule has 0 unspecified atom stereocenters. The normalized spacial score (nSPS) is 15.4. The lowest BCUT2D eigenvalue weighted by Gasteiger charge is -2.33. The van der Waals surface area contributed by atoms with E-state index in [9.17, 15) is 4.79 Å². The molecular formula is C19H28BrN3O4. The van der Waals surface area contributed by atoms with Crippen molar-refractivity contribution >= 4 is 27.9 Å². The van der Waals surface area contributed by atoms with Gasteiger partial charge in [-0.05, 0) is 37.5 Å². The van der Waals surface area contributed by atoms with Crippen molar-refractivity contribution in [2.45, 2.75) is 26.3 Å². The molecule has 1 aromatic carbocycles. The largest absolute Gasteiger partial charge is 0.493 e. The Bertz CT molecular complexity index is 673. The van der Waals surface area contributed by atoms with Gasteiger partial charge in [-0.25, -0.2) is 4.99 Å². The highest BCUT2D eigenvalue weighted by Crippen LogP contribution is 2.33. The fraction of sp³-hybridized carbons (Fsp3) is 0.579. The van der Waals surface area contributed by atoms with Gasteiger partial charge in [0.25, 0.3) is 0 Å². The van der Waals surface area contributed by atoms with E-state index in [1.165, 1.54) is 7.11 Å². The van der Waals surface area contributed by atoms with Crippen molar-refractivity contribution in [2.75, 3.05) is 41.0 Å². The number of hydrogen-bond acceptors (Lipinski definition) is 5. The standard InChI is InChI=1S/C19H28BrN3O4/c1-5-21-19(23-8-6-13(7-9-23)18(24)27-4)22-12-14-10-16(25-2)17(26-3)11-15(14)20/h10-11,13H,5-9,12H2,1-4H3,(H,21,22). The van der Waals surface area contributed by atoms with Gasteiger partial charge >= 0.3 is 5.97 Å². The molecule has 27 heavy (non-hydrogen) atoms. The molecule has 0 spiro atoms. The van der Waals surface area contributed by atoms with Crippen molar-refractivity contribution in [3.05, 3.63) is 22.2 Å². The van der Waals surface area contributed by atoms with Crippen LogP contribution in [0.3, 0.4) is 0 Å². The fourth-order valence-corrected chi connectivity index (χ4v) is 3.54. The van der Waals surface area contributed by atoms with Gasteiger partial charge < -0.3 is 24.4 Å². The molecule has 150 valence electrons. The number of hydrogen-bond donors (Lipinski definition) is 1. The number of benzene rings is 1. The molecule has 1 heterocycles. The maximum atomic E-state index is 11.7. The molecule has 1 aliphatic heterocycles. The molecule has 8 heteroatoms. The highest BCUT2D eigenvalue weighted by molar-refractivity contribution is 9.10. The summed E-state index contributed by atoms with van der Waals surface area (Å²) >= 11 is 3.58. The number of carbonyl (C=O) groups excluding carboxylic acids is 1. The summed E-state index contributed by atoms with van der Waals surface area (Å²) in [6.07, 6.45) is 1.55. The number of piperidine rings is 1. The van der Waals surface area contributed by atoms with Gasteiger partial charge in [-0.3, -0.25) is 4.79 Å². The minimum atomic E-state index is -0.120. The van der Waals surface area contributed by atoms with Gasteiger partial charge in [-0.15, -0.1) is 0 Å². The van der Waals surface area contributed by atoms with E-state index in [0.29, 0.717) is 18.0 Å². The monoisotopic (exact) mass is 441 g/mol. The average molecular weight is 442 g/mol. The molecule has 0 aromatic heterocycles. The number of guanidine groups is 1. The summed E-state index contributed by atoms with van der Waals surface area (Å²) in [5.74, 6) is 2.06. The first-order chi connectivity index (χ1) is 13.0. The van der Waals surface area contributed by atoms with Gasteiger partial charge in [0, 0.05) is 24.1 Å². The van der Waals surface area contributed by atoms with Crippen LogP contribution < -0.4 is 14.8 Å². The number of ether oxygens (including phenoxy) is 3. The minimum Gasteiger partial charge on any atom is -0.493 e. The van der Waals surface area contributed by atoms with Crippen LogP contribution >= 0.6 is 15.9 Å². The molecule has 1 fully saturated rings. The molecule has 1 N–H and O–H groups in total. The second kappa shape index (κ2) is 10.4. The van der Waals surface area contributed by atoms with Gasteiger partial charge in [0.05, 0.1) is 33.8 Å². The van der Waals surface area contributed by atoms with Crippen molar-refractivity contribution in [3.63, 3.8) is 0 Å². The lowest BCUT2D eigenvalue weighted by molar-refractivity contribution is -0.146. The second-order valence-electron chi connectivity index (χ2n) is 6.25. The quantitative estimate of drug-likeness (QED) is 0.415. The zero-order valence-electron chi connectivity index (χ0n) is 16.4. The van der Waals surface area contributed by atoms with Crippen molar-refractivity contribution in [2.24, 2.45) is 10.9 Å². The van der Waals surface area contributed by atoms with Crippen molar-refractivity contribution in [1.82, 2.24) is 10.2 Å². The molecule has 1 saturated heterocycles. The number of halogens is 1. The van der Waals surface area contributed by atoms with E-state index in [0.717, 1.165) is 48.5 Å². The van der Waals surface area contributed by atoms with Gasteiger partial charge in [0.2, 0.25) is 0 Å². The summed E-state index contributed by atoms with van der Waals surface area (Å²) in [5.41, 5.74) is 1.01. The summed E-state index contributed by atoms with van der Waals surface area (Å²) in [4.78, 5) is 18.7. The molecule has 2 rings (SSSR count). The molecular weight excluding hydrogens is 414 g/mol. The van der Waals surface area contributed by atoms with Gasteiger partial charge in [-0.2, -0.15) is 0 Å². The summed E-state index contributed by atoms with van der Waals surface area (Å²) in [5, 5.41) is 3.34. The third-order valence-corrected chi connectivity index (χ3v) is 5.35. The van der Waals surface area contributed by atoms with Crippen LogP contribution in [0.25, 0.3) is 0 Å². The van der Waals surface area contributed by atoms with E-state index < -0.39 is 0 Å². The van der Waals surface area contributed by atoms with Crippen LogP contribution in [0.4, 0.5) is 0 Å². The summed E-state index contributed by atoms with van der Waals surface area (Å²) in [6, 6.07) is 3.82. The SMILES string of the molecule is CCNC(=NCc1cc(OC)c(OC)cc1Br)N1CCC(C(=O)OC)CC1. The zero-order valence-corrected chi connectivity index (χ0v) is 18.0. The Labute approximate surface area is 169 Å². The van der Waals surface area contributed by atoms with Crippen LogP contribution in [-0.4, -0.2) is 57.8 Å². The molecule has 1 aromatic rings. The third kappa shape index (κ3) is 5.51. The Morgan fingerprint density at radius 1 is 1.22 bits per heavy atom. The van der Waals surface area contributed by atoms with Crippen molar-refractivity contribution in [1.29, 1.82) is 0 Å². The maximum absolute atomic E-state index is 11.7. The van der Waals surface area contributed by atoms with Gasteiger partial charge in [0.1, 0.15) is 0 Å². The summed E-state index contributed by atoms with van der Waals surface area (Å²) in [7, 11) is 4.68. The first kappa shape index (κ1) is 21.3. The molecule has 0 saturated carbocycles. The first-order valence-corrected chi connectivity index (χ1v) is 9.84. The average Bonchev–Trinajstić information content (AvgIpc) is 2.71. The number of rotatable bonds is 6. The molecule has 0 radical (unpaired) electrons. The number of esters is 1. The van der Waals surface area contributed by atoms with Crippen LogP contribution in [0.1, 0.15) is 25.3 Å². The smallest absolute Gasteiger partial charge is 0.308 e. The highest BCUT2D eigenvalue weighted by atomic mass is 79.9. The van der Waals surface area contributed by atoms with Crippen molar-refractivity contribution < 1.29 is 19.0 Å². The molecule has 1 aliphatic rings. The minimum absolute atomic E-state index is 0.0193. The molecule has 0 amide bonds. The highest BCUT2D eigenvalue weighted by Gasteiger charge is 2.27.